The van der Waals surface area contributed by atoms with Crippen molar-refractivity contribution in [1.82, 2.24) is 9.97 Å². The normalized spacial score (nSPS) is 10.9. The van der Waals surface area contributed by atoms with Crippen LogP contribution >= 0.6 is 11.6 Å². The van der Waals surface area contributed by atoms with Crippen LogP contribution in [0, 0.1) is 0 Å². The van der Waals surface area contributed by atoms with Crippen LogP contribution in [0.2, 0.25) is 5.02 Å². The van der Waals surface area contributed by atoms with Crippen molar-refractivity contribution in [3.8, 4) is 0 Å². The molecule has 0 fully saturated rings. The van der Waals surface area contributed by atoms with Crippen molar-refractivity contribution in [3.63, 3.8) is 0 Å². The summed E-state index contributed by atoms with van der Waals surface area (Å²) < 4.78 is 0. The Hall–Kier alpha value is -1.07. The standard InChI is InChI=1S/C11H18ClN3O2/c1-3-8(4-2)15(5-6-16)10-9(12)11(17)14-7-13-10/h7-8,16H,3-6H2,1-2H3,(H,13,14,17). The van der Waals surface area contributed by atoms with Crippen molar-refractivity contribution in [2.24, 2.45) is 0 Å². The van der Waals surface area contributed by atoms with E-state index >= 15 is 0 Å². The zero-order valence-corrected chi connectivity index (χ0v) is 10.9. The molecule has 1 heterocycles. The average molecular weight is 260 g/mol. The van der Waals surface area contributed by atoms with Crippen molar-refractivity contribution >= 4 is 17.4 Å². The fourth-order valence-corrected chi connectivity index (χ4v) is 2.08. The van der Waals surface area contributed by atoms with Crippen molar-refractivity contribution in [2.45, 2.75) is 32.7 Å². The fourth-order valence-electron chi connectivity index (χ4n) is 1.87. The van der Waals surface area contributed by atoms with Crippen LogP contribution in [0.25, 0.3) is 0 Å². The SMILES string of the molecule is CCC(CC)N(CCO)c1nc[nH]c(=O)c1Cl. The van der Waals surface area contributed by atoms with Crippen molar-refractivity contribution in [1.29, 1.82) is 0 Å². The van der Waals surface area contributed by atoms with Gasteiger partial charge in [-0.2, -0.15) is 0 Å². The summed E-state index contributed by atoms with van der Waals surface area (Å²) in [5, 5.41) is 9.18. The van der Waals surface area contributed by atoms with E-state index in [2.05, 4.69) is 23.8 Å². The smallest absolute Gasteiger partial charge is 0.271 e. The number of rotatable bonds is 6. The molecule has 0 aromatic carbocycles. The zero-order valence-electron chi connectivity index (χ0n) is 10.1. The number of aromatic nitrogens is 2. The van der Waals surface area contributed by atoms with Crippen LogP contribution in [0.4, 0.5) is 5.82 Å². The van der Waals surface area contributed by atoms with Crippen LogP contribution in [-0.2, 0) is 0 Å². The summed E-state index contributed by atoms with van der Waals surface area (Å²) in [5.41, 5.74) is -0.356. The highest BCUT2D eigenvalue weighted by Crippen LogP contribution is 2.22. The van der Waals surface area contributed by atoms with E-state index in [4.69, 9.17) is 16.7 Å². The van der Waals surface area contributed by atoms with Gasteiger partial charge in [-0.05, 0) is 12.8 Å². The molecule has 0 spiro atoms. The van der Waals surface area contributed by atoms with Crippen LogP contribution in [0.15, 0.2) is 11.1 Å². The Morgan fingerprint density at radius 1 is 1.53 bits per heavy atom. The van der Waals surface area contributed by atoms with Gasteiger partial charge in [0.1, 0.15) is 5.02 Å². The Bertz CT molecular complexity index is 404. The lowest BCUT2D eigenvalue weighted by atomic mass is 10.1. The molecule has 0 amide bonds. The van der Waals surface area contributed by atoms with Crippen molar-refractivity contribution in [3.05, 3.63) is 21.7 Å². The number of hydrogen-bond donors (Lipinski definition) is 2. The molecule has 0 saturated heterocycles. The third kappa shape index (κ3) is 3.20. The molecular weight excluding hydrogens is 242 g/mol. The first-order chi connectivity index (χ1) is 8.15. The lowest BCUT2D eigenvalue weighted by Gasteiger charge is -2.31. The lowest BCUT2D eigenvalue weighted by Crippen LogP contribution is -2.38. The highest BCUT2D eigenvalue weighted by atomic mass is 35.5. The van der Waals surface area contributed by atoms with Crippen LogP contribution in [-0.4, -0.2) is 34.3 Å². The molecule has 0 atom stereocenters. The van der Waals surface area contributed by atoms with E-state index in [0.29, 0.717) is 12.4 Å². The van der Waals surface area contributed by atoms with Crippen molar-refractivity contribution in [2.75, 3.05) is 18.1 Å². The molecule has 6 heteroatoms. The summed E-state index contributed by atoms with van der Waals surface area (Å²) in [5.74, 6) is 0.443. The quantitative estimate of drug-likeness (QED) is 0.811. The topological polar surface area (TPSA) is 69.2 Å². The van der Waals surface area contributed by atoms with Crippen LogP contribution < -0.4 is 10.5 Å². The molecule has 0 unspecified atom stereocenters. The average Bonchev–Trinajstić information content (AvgIpc) is 2.33. The molecule has 1 aromatic heterocycles. The molecular formula is C11H18ClN3O2. The minimum atomic E-state index is -0.356. The first-order valence-corrected chi connectivity index (χ1v) is 6.14. The lowest BCUT2D eigenvalue weighted by molar-refractivity contribution is 0.295. The maximum atomic E-state index is 11.4. The van der Waals surface area contributed by atoms with Gasteiger partial charge in [0.05, 0.1) is 12.9 Å². The van der Waals surface area contributed by atoms with E-state index in [-0.39, 0.29) is 23.2 Å². The minimum Gasteiger partial charge on any atom is -0.395 e. The van der Waals surface area contributed by atoms with E-state index < -0.39 is 0 Å². The summed E-state index contributed by atoms with van der Waals surface area (Å²) in [6.45, 7) is 4.53. The largest absolute Gasteiger partial charge is 0.395 e. The number of anilines is 1. The molecule has 0 radical (unpaired) electrons. The molecule has 1 rings (SSSR count). The monoisotopic (exact) mass is 259 g/mol. The van der Waals surface area contributed by atoms with Gasteiger partial charge in [0.15, 0.2) is 5.82 Å². The highest BCUT2D eigenvalue weighted by molar-refractivity contribution is 6.32. The Morgan fingerprint density at radius 2 is 2.18 bits per heavy atom. The van der Waals surface area contributed by atoms with Gasteiger partial charge in [0, 0.05) is 12.6 Å². The molecule has 2 N–H and O–H groups in total. The predicted octanol–water partition coefficient (Wildman–Crippen LogP) is 1.41. The summed E-state index contributed by atoms with van der Waals surface area (Å²) in [6.07, 6.45) is 3.14. The third-order valence-electron chi connectivity index (χ3n) is 2.77. The summed E-state index contributed by atoms with van der Waals surface area (Å²) >= 11 is 5.95. The fraction of sp³-hybridized carbons (Fsp3) is 0.636. The number of nitrogens with one attached hydrogen (secondary N) is 1. The van der Waals surface area contributed by atoms with Gasteiger partial charge in [0.25, 0.3) is 5.56 Å². The second kappa shape index (κ2) is 6.61. The van der Waals surface area contributed by atoms with Gasteiger partial charge in [-0.25, -0.2) is 4.98 Å². The summed E-state index contributed by atoms with van der Waals surface area (Å²) in [6, 6.07) is 0.217. The molecule has 0 aliphatic rings. The van der Waals surface area contributed by atoms with E-state index in [1.165, 1.54) is 6.33 Å². The van der Waals surface area contributed by atoms with Gasteiger partial charge < -0.3 is 15.0 Å². The van der Waals surface area contributed by atoms with Gasteiger partial charge in [-0.1, -0.05) is 25.4 Å². The molecule has 0 bridgehead atoms. The number of nitrogens with zero attached hydrogens (tertiary/aromatic N) is 2. The first kappa shape index (κ1) is 14.0. The van der Waals surface area contributed by atoms with Gasteiger partial charge in [-0.3, -0.25) is 4.79 Å². The zero-order chi connectivity index (χ0) is 12.8. The predicted molar refractivity (Wildman–Crippen MR) is 68.7 cm³/mol. The number of aliphatic hydroxyl groups excluding tert-OH is 1. The molecule has 1 aromatic rings. The summed E-state index contributed by atoms with van der Waals surface area (Å²) in [4.78, 5) is 19.8. The third-order valence-corrected chi connectivity index (χ3v) is 3.12. The highest BCUT2D eigenvalue weighted by Gasteiger charge is 2.20. The molecule has 0 aliphatic carbocycles. The second-order valence-electron chi connectivity index (χ2n) is 3.76. The maximum Gasteiger partial charge on any atom is 0.271 e. The number of aliphatic hydroxyl groups is 1. The Morgan fingerprint density at radius 3 is 2.71 bits per heavy atom. The van der Waals surface area contributed by atoms with Gasteiger partial charge in [-0.15, -0.1) is 0 Å². The Balaban J connectivity index is 3.13. The van der Waals surface area contributed by atoms with Crippen LogP contribution in [0.3, 0.4) is 0 Å². The number of H-pyrrole nitrogens is 1. The Kier molecular flexibility index (Phi) is 5.44. The molecule has 0 aliphatic heterocycles. The molecule has 5 nitrogen and oxygen atoms in total. The van der Waals surface area contributed by atoms with Gasteiger partial charge in [0.2, 0.25) is 0 Å². The summed E-state index contributed by atoms with van der Waals surface area (Å²) in [7, 11) is 0. The second-order valence-corrected chi connectivity index (χ2v) is 4.13. The molecule has 0 saturated carbocycles. The van der Waals surface area contributed by atoms with Crippen LogP contribution in [0.5, 0.6) is 0 Å². The number of halogens is 1. The van der Waals surface area contributed by atoms with Crippen LogP contribution in [0.1, 0.15) is 26.7 Å². The van der Waals surface area contributed by atoms with E-state index in [0.717, 1.165) is 12.8 Å². The maximum absolute atomic E-state index is 11.4. The van der Waals surface area contributed by atoms with Crippen molar-refractivity contribution < 1.29 is 5.11 Å². The van der Waals surface area contributed by atoms with E-state index in [1.54, 1.807) is 0 Å². The van der Waals surface area contributed by atoms with E-state index in [1.807, 2.05) is 4.90 Å². The minimum absolute atomic E-state index is 0.00130. The van der Waals surface area contributed by atoms with Gasteiger partial charge >= 0.3 is 0 Å². The number of aromatic amines is 1. The molecule has 17 heavy (non-hydrogen) atoms. The van der Waals surface area contributed by atoms with E-state index in [9.17, 15) is 4.79 Å². The molecule has 96 valence electrons. The first-order valence-electron chi connectivity index (χ1n) is 5.76. The Labute approximate surface area is 105 Å². The number of hydrogen-bond acceptors (Lipinski definition) is 4.